The minimum Gasteiger partial charge on any atom is -0.313 e. The first-order valence-corrected chi connectivity index (χ1v) is 4.97. The molecule has 1 aromatic heterocycles. The van der Waals surface area contributed by atoms with Gasteiger partial charge in [-0.05, 0) is 19.5 Å². The van der Waals surface area contributed by atoms with Crippen LogP contribution in [0.4, 0.5) is 0 Å². The van der Waals surface area contributed by atoms with Gasteiger partial charge in [0.25, 0.3) is 0 Å². The Morgan fingerprint density at radius 1 is 1.75 bits per heavy atom. The molecule has 0 aromatic carbocycles. The molecule has 0 bridgehead atoms. The van der Waals surface area contributed by atoms with Crippen molar-refractivity contribution in [2.45, 2.75) is 13.8 Å². The zero-order valence-electron chi connectivity index (χ0n) is 7.50. The molecule has 3 heteroatoms. The molecule has 1 heterocycles. The summed E-state index contributed by atoms with van der Waals surface area (Å²) in [5, 5.41) is 3.28. The number of hydrogen-bond donors (Lipinski definition) is 1. The molecule has 0 aliphatic carbocycles. The Labute approximate surface area is 77.3 Å². The second kappa shape index (κ2) is 5.06. The van der Waals surface area contributed by atoms with Crippen LogP contribution in [-0.2, 0) is 0 Å². The monoisotopic (exact) mass is 182 g/mol. The van der Waals surface area contributed by atoms with Crippen molar-refractivity contribution in [3.63, 3.8) is 0 Å². The van der Waals surface area contributed by atoms with Crippen LogP contribution in [0.5, 0.6) is 0 Å². The Morgan fingerprint density at radius 2 is 2.58 bits per heavy atom. The normalized spacial score (nSPS) is 12.0. The fourth-order valence-electron chi connectivity index (χ4n) is 0.913. The minimum atomic E-state index is 0.967. The topological polar surface area (TPSA) is 24.9 Å². The SMILES string of the molecule is CCNCC(C)=Cc1cncs1. The third-order valence-electron chi connectivity index (χ3n) is 1.49. The van der Waals surface area contributed by atoms with E-state index >= 15 is 0 Å². The fourth-order valence-corrected chi connectivity index (χ4v) is 1.55. The lowest BCUT2D eigenvalue weighted by Gasteiger charge is -1.99. The largest absolute Gasteiger partial charge is 0.313 e. The molecule has 0 aliphatic heterocycles. The minimum absolute atomic E-state index is 0.967. The summed E-state index contributed by atoms with van der Waals surface area (Å²) in [5.41, 5.74) is 3.20. The first-order valence-electron chi connectivity index (χ1n) is 4.09. The quantitative estimate of drug-likeness (QED) is 0.772. The summed E-state index contributed by atoms with van der Waals surface area (Å²) in [7, 11) is 0. The Morgan fingerprint density at radius 3 is 3.17 bits per heavy atom. The van der Waals surface area contributed by atoms with Crippen LogP contribution in [0, 0.1) is 0 Å². The van der Waals surface area contributed by atoms with Crippen molar-refractivity contribution in [3.8, 4) is 0 Å². The molecule has 0 atom stereocenters. The number of rotatable bonds is 4. The predicted molar refractivity (Wildman–Crippen MR) is 54.3 cm³/mol. The Bertz CT molecular complexity index is 239. The highest BCUT2D eigenvalue weighted by Crippen LogP contribution is 2.10. The van der Waals surface area contributed by atoms with Crippen LogP contribution < -0.4 is 5.32 Å². The molecular weight excluding hydrogens is 168 g/mol. The lowest BCUT2D eigenvalue weighted by atomic mass is 10.2. The summed E-state index contributed by atoms with van der Waals surface area (Å²) in [6.07, 6.45) is 4.06. The van der Waals surface area contributed by atoms with Crippen molar-refractivity contribution in [1.82, 2.24) is 10.3 Å². The molecule has 0 saturated heterocycles. The average Bonchev–Trinajstić information content (AvgIpc) is 2.53. The Balaban J connectivity index is 2.46. The van der Waals surface area contributed by atoms with Crippen LogP contribution in [0.3, 0.4) is 0 Å². The van der Waals surface area contributed by atoms with Gasteiger partial charge in [-0.1, -0.05) is 12.5 Å². The van der Waals surface area contributed by atoms with E-state index in [1.165, 1.54) is 10.5 Å². The van der Waals surface area contributed by atoms with Crippen LogP contribution in [0.25, 0.3) is 6.08 Å². The van der Waals surface area contributed by atoms with Crippen molar-refractivity contribution in [1.29, 1.82) is 0 Å². The molecular formula is C9H14N2S. The second-order valence-electron chi connectivity index (χ2n) is 2.67. The van der Waals surface area contributed by atoms with E-state index in [2.05, 4.69) is 30.2 Å². The summed E-state index contributed by atoms with van der Waals surface area (Å²) >= 11 is 1.67. The van der Waals surface area contributed by atoms with Gasteiger partial charge in [0.05, 0.1) is 5.51 Å². The van der Waals surface area contributed by atoms with E-state index in [4.69, 9.17) is 0 Å². The van der Waals surface area contributed by atoms with E-state index in [9.17, 15) is 0 Å². The maximum Gasteiger partial charge on any atom is 0.0797 e. The van der Waals surface area contributed by atoms with E-state index in [1.807, 2.05) is 11.7 Å². The number of likely N-dealkylation sites (N-methyl/N-ethyl adjacent to an activating group) is 1. The predicted octanol–water partition coefficient (Wildman–Crippen LogP) is 2.16. The fraction of sp³-hybridized carbons (Fsp3) is 0.444. The van der Waals surface area contributed by atoms with Crippen molar-refractivity contribution in [2.24, 2.45) is 0 Å². The summed E-state index contributed by atoms with van der Waals surface area (Å²) in [4.78, 5) is 5.24. The zero-order valence-corrected chi connectivity index (χ0v) is 8.32. The highest BCUT2D eigenvalue weighted by atomic mass is 32.1. The van der Waals surface area contributed by atoms with E-state index in [0.717, 1.165) is 13.1 Å². The molecule has 1 aromatic rings. The number of hydrogen-bond acceptors (Lipinski definition) is 3. The summed E-state index contributed by atoms with van der Waals surface area (Å²) in [5.74, 6) is 0. The van der Waals surface area contributed by atoms with Crippen molar-refractivity contribution >= 4 is 17.4 Å². The third-order valence-corrected chi connectivity index (χ3v) is 2.22. The average molecular weight is 182 g/mol. The van der Waals surface area contributed by atoms with Gasteiger partial charge in [-0.15, -0.1) is 11.3 Å². The Hall–Kier alpha value is -0.670. The van der Waals surface area contributed by atoms with Gasteiger partial charge in [0.2, 0.25) is 0 Å². The van der Waals surface area contributed by atoms with Gasteiger partial charge < -0.3 is 5.32 Å². The van der Waals surface area contributed by atoms with Gasteiger partial charge in [-0.25, -0.2) is 0 Å². The molecule has 12 heavy (non-hydrogen) atoms. The van der Waals surface area contributed by atoms with Crippen LogP contribution in [0.1, 0.15) is 18.7 Å². The summed E-state index contributed by atoms with van der Waals surface area (Å²) < 4.78 is 0. The van der Waals surface area contributed by atoms with Crippen LogP contribution in [-0.4, -0.2) is 18.1 Å². The van der Waals surface area contributed by atoms with Gasteiger partial charge in [-0.3, -0.25) is 4.98 Å². The molecule has 0 amide bonds. The molecule has 1 rings (SSSR count). The lowest BCUT2D eigenvalue weighted by Crippen LogP contribution is -2.14. The summed E-state index contributed by atoms with van der Waals surface area (Å²) in [6, 6.07) is 0. The molecule has 2 nitrogen and oxygen atoms in total. The molecule has 66 valence electrons. The zero-order chi connectivity index (χ0) is 8.81. The number of thiazole rings is 1. The second-order valence-corrected chi connectivity index (χ2v) is 3.59. The molecule has 0 fully saturated rings. The van der Waals surface area contributed by atoms with Gasteiger partial charge in [0, 0.05) is 17.6 Å². The molecule has 0 radical (unpaired) electrons. The Kier molecular flexibility index (Phi) is 3.97. The summed E-state index contributed by atoms with van der Waals surface area (Å²) in [6.45, 7) is 6.23. The van der Waals surface area contributed by atoms with Gasteiger partial charge in [0.1, 0.15) is 0 Å². The van der Waals surface area contributed by atoms with Crippen molar-refractivity contribution in [3.05, 3.63) is 22.2 Å². The smallest absolute Gasteiger partial charge is 0.0797 e. The molecule has 0 unspecified atom stereocenters. The highest BCUT2D eigenvalue weighted by Gasteiger charge is 1.91. The number of nitrogens with zero attached hydrogens (tertiary/aromatic N) is 1. The molecule has 0 spiro atoms. The number of nitrogens with one attached hydrogen (secondary N) is 1. The van der Waals surface area contributed by atoms with Crippen LogP contribution >= 0.6 is 11.3 Å². The van der Waals surface area contributed by atoms with Crippen molar-refractivity contribution in [2.75, 3.05) is 13.1 Å². The van der Waals surface area contributed by atoms with Gasteiger partial charge in [-0.2, -0.15) is 0 Å². The molecule has 0 saturated carbocycles. The molecule has 1 N–H and O–H groups in total. The maximum absolute atomic E-state index is 4.01. The van der Waals surface area contributed by atoms with Crippen molar-refractivity contribution < 1.29 is 0 Å². The van der Waals surface area contributed by atoms with E-state index < -0.39 is 0 Å². The number of aromatic nitrogens is 1. The van der Waals surface area contributed by atoms with E-state index in [-0.39, 0.29) is 0 Å². The lowest BCUT2D eigenvalue weighted by molar-refractivity contribution is 0.779. The van der Waals surface area contributed by atoms with Gasteiger partial charge in [0.15, 0.2) is 0 Å². The van der Waals surface area contributed by atoms with Crippen LogP contribution in [0.15, 0.2) is 17.3 Å². The van der Waals surface area contributed by atoms with E-state index in [0.29, 0.717) is 0 Å². The first kappa shape index (κ1) is 9.42. The third kappa shape index (κ3) is 3.15. The highest BCUT2D eigenvalue weighted by molar-refractivity contribution is 7.10. The van der Waals surface area contributed by atoms with Crippen LogP contribution in [0.2, 0.25) is 0 Å². The first-order chi connectivity index (χ1) is 5.83. The molecule has 0 aliphatic rings. The van der Waals surface area contributed by atoms with E-state index in [1.54, 1.807) is 11.3 Å². The standard InChI is InChI=1S/C9H14N2S/c1-3-10-5-8(2)4-9-6-11-7-12-9/h4,6-7,10H,3,5H2,1-2H3. The maximum atomic E-state index is 4.01. The van der Waals surface area contributed by atoms with Gasteiger partial charge >= 0.3 is 0 Å².